The summed E-state index contributed by atoms with van der Waals surface area (Å²) in [6.07, 6.45) is 0. The summed E-state index contributed by atoms with van der Waals surface area (Å²) in [7, 11) is -3.89. The van der Waals surface area contributed by atoms with Gasteiger partial charge in [0.2, 0.25) is 0 Å². The summed E-state index contributed by atoms with van der Waals surface area (Å²) in [5.41, 5.74) is 0. The number of hydrogen-bond donors (Lipinski definition) is 0. The zero-order valence-corrected chi connectivity index (χ0v) is 17.9. The fraction of sp³-hybridized carbons (Fsp3) is 0. The van der Waals surface area contributed by atoms with Crippen LogP contribution in [0.25, 0.3) is 0 Å². The van der Waals surface area contributed by atoms with Gasteiger partial charge in [0.1, 0.15) is 17.2 Å². The Balaban J connectivity index is 0.00000208. The maximum atomic E-state index is 13.1. The van der Waals surface area contributed by atoms with Crippen molar-refractivity contribution in [1.29, 1.82) is 0 Å². The SMILES string of the molecule is O=P(Oc1ccccc1)(Oc1ccccc1)Oc1ccccc1.[SbH3]. The van der Waals surface area contributed by atoms with Gasteiger partial charge in [-0.3, -0.25) is 0 Å². The van der Waals surface area contributed by atoms with Crippen molar-refractivity contribution in [3.63, 3.8) is 0 Å². The molecule has 0 aliphatic heterocycles. The summed E-state index contributed by atoms with van der Waals surface area (Å²) in [6.45, 7) is 0. The van der Waals surface area contributed by atoms with Crippen LogP contribution < -0.4 is 13.6 Å². The molecule has 6 heteroatoms. The van der Waals surface area contributed by atoms with Crippen molar-refractivity contribution in [3.05, 3.63) is 91.0 Å². The van der Waals surface area contributed by atoms with E-state index in [9.17, 15) is 4.57 Å². The Bertz CT molecular complexity index is 674. The minimum atomic E-state index is -3.89. The van der Waals surface area contributed by atoms with Crippen LogP contribution in [0.2, 0.25) is 0 Å². The first kappa shape index (κ1) is 18.4. The van der Waals surface area contributed by atoms with E-state index in [2.05, 4.69) is 0 Å². The summed E-state index contributed by atoms with van der Waals surface area (Å²) in [5, 5.41) is 0. The molecule has 3 rings (SSSR count). The Morgan fingerprint density at radius 3 is 1.00 bits per heavy atom. The van der Waals surface area contributed by atoms with Crippen LogP contribution in [0, 0.1) is 0 Å². The molecule has 0 saturated heterocycles. The Morgan fingerprint density at radius 1 is 0.500 bits per heavy atom. The van der Waals surface area contributed by atoms with Gasteiger partial charge in [-0.1, -0.05) is 54.6 Å². The van der Waals surface area contributed by atoms with Crippen LogP contribution in [0.1, 0.15) is 0 Å². The second-order valence-corrected chi connectivity index (χ2v) is 6.10. The van der Waals surface area contributed by atoms with Crippen molar-refractivity contribution in [3.8, 4) is 17.2 Å². The molecule has 0 fully saturated rings. The van der Waals surface area contributed by atoms with Crippen molar-refractivity contribution < 1.29 is 18.1 Å². The summed E-state index contributed by atoms with van der Waals surface area (Å²) < 4.78 is 29.6. The van der Waals surface area contributed by atoms with Crippen LogP contribution in [0.5, 0.6) is 17.2 Å². The fourth-order valence-corrected chi connectivity index (χ4v) is 3.14. The molecule has 0 heterocycles. The van der Waals surface area contributed by atoms with E-state index >= 15 is 0 Å². The van der Waals surface area contributed by atoms with Gasteiger partial charge in [-0.15, -0.1) is 0 Å². The van der Waals surface area contributed by atoms with Crippen LogP contribution in [0.4, 0.5) is 0 Å². The molecule has 3 aromatic carbocycles. The first-order valence-corrected chi connectivity index (χ1v) is 8.54. The normalized spacial score (nSPS) is 10.3. The predicted octanol–water partition coefficient (Wildman–Crippen LogP) is 4.15. The van der Waals surface area contributed by atoms with E-state index in [1.807, 2.05) is 18.2 Å². The van der Waals surface area contributed by atoms with Gasteiger partial charge < -0.3 is 13.6 Å². The molecule has 0 aliphatic carbocycles. The topological polar surface area (TPSA) is 44.8 Å². The molecule has 124 valence electrons. The van der Waals surface area contributed by atoms with Gasteiger partial charge in [0.05, 0.1) is 0 Å². The summed E-state index contributed by atoms with van der Waals surface area (Å²) in [6, 6.07) is 26.4. The second kappa shape index (κ2) is 8.82. The van der Waals surface area contributed by atoms with Crippen LogP contribution in [-0.2, 0) is 4.57 Å². The third-order valence-electron chi connectivity index (χ3n) is 2.88. The number of phosphoric acid groups is 1. The van der Waals surface area contributed by atoms with Crippen molar-refractivity contribution in [2.45, 2.75) is 0 Å². The van der Waals surface area contributed by atoms with Crippen molar-refractivity contribution >= 4 is 32.3 Å². The van der Waals surface area contributed by atoms with E-state index in [1.165, 1.54) is 0 Å². The second-order valence-electron chi connectivity index (χ2n) is 4.66. The van der Waals surface area contributed by atoms with Crippen LogP contribution in [0.15, 0.2) is 91.0 Å². The number of hydrogen-bond acceptors (Lipinski definition) is 4. The van der Waals surface area contributed by atoms with Gasteiger partial charge in [-0.2, -0.15) is 4.57 Å². The monoisotopic (exact) mass is 450 g/mol. The van der Waals surface area contributed by atoms with Gasteiger partial charge in [0.15, 0.2) is 0 Å². The third kappa shape index (κ3) is 5.33. The molecule has 0 amide bonds. The molecule has 0 aromatic heterocycles. The Hall–Kier alpha value is -1.89. The standard InChI is InChI=1S/C18H15O4P.Sb.3H/c19-23(20-16-10-4-1-5-11-16,21-17-12-6-2-7-13-17)22-18-14-8-3-9-15-18;;;;/h1-15H;;;;. The summed E-state index contributed by atoms with van der Waals surface area (Å²) in [4.78, 5) is 0. The molecule has 4 nitrogen and oxygen atoms in total. The number of para-hydroxylation sites is 3. The van der Waals surface area contributed by atoms with E-state index in [1.54, 1.807) is 72.8 Å². The summed E-state index contributed by atoms with van der Waals surface area (Å²) >= 11 is 0. The van der Waals surface area contributed by atoms with Gasteiger partial charge >= 0.3 is 32.3 Å². The molecular formula is C18H18O4PSb. The molecule has 0 atom stereocenters. The fourth-order valence-electron chi connectivity index (χ4n) is 1.89. The van der Waals surface area contributed by atoms with E-state index in [4.69, 9.17) is 13.6 Å². The van der Waals surface area contributed by atoms with Gasteiger partial charge in [-0.05, 0) is 36.4 Å². The number of benzene rings is 3. The van der Waals surface area contributed by atoms with Crippen LogP contribution in [-0.4, -0.2) is 24.4 Å². The molecule has 0 spiro atoms. The number of rotatable bonds is 6. The van der Waals surface area contributed by atoms with E-state index in [0.717, 1.165) is 0 Å². The first-order chi connectivity index (χ1) is 11.2. The van der Waals surface area contributed by atoms with E-state index in [0.29, 0.717) is 17.2 Å². The average molecular weight is 451 g/mol. The van der Waals surface area contributed by atoms with Crippen LogP contribution >= 0.6 is 7.82 Å². The van der Waals surface area contributed by atoms with E-state index < -0.39 is 7.82 Å². The molecule has 3 aromatic rings. The van der Waals surface area contributed by atoms with Gasteiger partial charge in [0.25, 0.3) is 0 Å². The molecule has 0 aliphatic rings. The van der Waals surface area contributed by atoms with Crippen molar-refractivity contribution in [2.75, 3.05) is 0 Å². The molecule has 0 bridgehead atoms. The Morgan fingerprint density at radius 2 is 0.750 bits per heavy atom. The maximum absolute atomic E-state index is 13.1. The quantitative estimate of drug-likeness (QED) is 0.418. The molecule has 0 saturated carbocycles. The van der Waals surface area contributed by atoms with Crippen LogP contribution in [0.3, 0.4) is 0 Å². The number of phosphoric ester groups is 1. The zero-order valence-electron chi connectivity index (χ0n) is 12.9. The predicted molar refractivity (Wildman–Crippen MR) is 98.8 cm³/mol. The molecule has 0 radical (unpaired) electrons. The van der Waals surface area contributed by atoms with Crippen molar-refractivity contribution in [2.24, 2.45) is 0 Å². The first-order valence-electron chi connectivity index (χ1n) is 7.07. The average Bonchev–Trinajstić information content (AvgIpc) is 2.57. The molecule has 0 unspecified atom stereocenters. The molecule has 24 heavy (non-hydrogen) atoms. The molecule has 0 N–H and O–H groups in total. The van der Waals surface area contributed by atoms with Gasteiger partial charge in [-0.25, -0.2) is 0 Å². The zero-order chi connectivity index (χ0) is 16.0. The minimum absolute atomic E-state index is 0. The Labute approximate surface area is 158 Å². The van der Waals surface area contributed by atoms with Gasteiger partial charge in [0, 0.05) is 0 Å². The van der Waals surface area contributed by atoms with E-state index in [-0.39, 0.29) is 24.4 Å². The van der Waals surface area contributed by atoms with Crippen molar-refractivity contribution in [1.82, 2.24) is 0 Å². The Kier molecular flexibility index (Phi) is 6.78. The molecular weight excluding hydrogens is 433 g/mol. The third-order valence-corrected chi connectivity index (χ3v) is 4.18. The summed E-state index contributed by atoms with van der Waals surface area (Å²) in [5.74, 6) is 1.22.